The van der Waals surface area contributed by atoms with Crippen LogP contribution in [0.4, 0.5) is 0 Å². The summed E-state index contributed by atoms with van der Waals surface area (Å²) in [6, 6.07) is 23.7. The molecule has 0 atom stereocenters. The van der Waals surface area contributed by atoms with Crippen LogP contribution in [0.3, 0.4) is 0 Å². The second kappa shape index (κ2) is 9.36. The van der Waals surface area contributed by atoms with Gasteiger partial charge in [0.1, 0.15) is 0 Å². The highest BCUT2D eigenvalue weighted by Gasteiger charge is 2.21. The van der Waals surface area contributed by atoms with Crippen molar-refractivity contribution in [3.05, 3.63) is 99.2 Å². The molecule has 0 amide bonds. The van der Waals surface area contributed by atoms with Crippen molar-refractivity contribution in [3.8, 4) is 17.1 Å². The van der Waals surface area contributed by atoms with Gasteiger partial charge in [-0.1, -0.05) is 74.3 Å². The number of halogens is 2. The zero-order chi connectivity index (χ0) is 21.8. The largest absolute Gasteiger partial charge is 0.451 e. The monoisotopic (exact) mass is 539 g/mol. The summed E-state index contributed by atoms with van der Waals surface area (Å²) in [5.74, 6) is -0.700. The number of nitrogens with zero attached hydrogens (tertiary/aromatic N) is 3. The van der Waals surface area contributed by atoms with Gasteiger partial charge in [-0.15, -0.1) is 5.10 Å². The number of carbonyl (C=O) groups excluding carboxylic acids is 2. The van der Waals surface area contributed by atoms with Crippen LogP contribution in [0.5, 0.6) is 0 Å². The minimum atomic E-state index is -0.765. The van der Waals surface area contributed by atoms with Gasteiger partial charge in [-0.3, -0.25) is 4.79 Å². The van der Waals surface area contributed by atoms with E-state index in [2.05, 4.69) is 41.9 Å². The number of ketones is 1. The van der Waals surface area contributed by atoms with Crippen molar-refractivity contribution >= 4 is 43.6 Å². The van der Waals surface area contributed by atoms with Crippen molar-refractivity contribution in [2.75, 3.05) is 6.61 Å². The van der Waals surface area contributed by atoms with Crippen molar-refractivity contribution in [1.82, 2.24) is 14.8 Å². The van der Waals surface area contributed by atoms with Gasteiger partial charge in [0.15, 0.2) is 18.2 Å². The van der Waals surface area contributed by atoms with Gasteiger partial charge in [0.25, 0.3) is 5.82 Å². The lowest BCUT2D eigenvalue weighted by atomic mass is 10.1. The molecule has 31 heavy (non-hydrogen) atoms. The Morgan fingerprint density at radius 3 is 2.10 bits per heavy atom. The van der Waals surface area contributed by atoms with E-state index in [4.69, 9.17) is 4.74 Å². The Hall–Kier alpha value is -3.10. The van der Waals surface area contributed by atoms with Crippen LogP contribution in [0.2, 0.25) is 0 Å². The fourth-order valence-electron chi connectivity index (χ4n) is 2.85. The summed E-state index contributed by atoms with van der Waals surface area (Å²) >= 11 is 6.73. The van der Waals surface area contributed by atoms with E-state index < -0.39 is 12.6 Å². The van der Waals surface area contributed by atoms with Crippen molar-refractivity contribution < 1.29 is 14.3 Å². The molecule has 1 heterocycles. The predicted molar refractivity (Wildman–Crippen MR) is 123 cm³/mol. The van der Waals surface area contributed by atoms with Gasteiger partial charge in [-0.2, -0.15) is 0 Å². The Kier molecular flexibility index (Phi) is 6.39. The van der Waals surface area contributed by atoms with Gasteiger partial charge in [0.05, 0.1) is 5.69 Å². The number of rotatable bonds is 6. The number of ether oxygens (including phenoxy) is 1. The number of benzene rings is 3. The van der Waals surface area contributed by atoms with Crippen LogP contribution >= 0.6 is 31.9 Å². The third-order valence-electron chi connectivity index (χ3n) is 4.39. The molecule has 0 aliphatic heterocycles. The Labute approximate surface area is 195 Å². The first-order valence-corrected chi connectivity index (χ1v) is 10.8. The zero-order valence-corrected chi connectivity index (χ0v) is 19.2. The number of carbonyl (C=O) groups is 2. The molecule has 1 aromatic heterocycles. The maximum absolute atomic E-state index is 12.6. The fraction of sp³-hybridized carbons (Fsp3) is 0.0435. The molecule has 3 aromatic carbocycles. The average Bonchev–Trinajstić information content (AvgIpc) is 3.24. The topological polar surface area (TPSA) is 74.1 Å². The van der Waals surface area contributed by atoms with Crippen LogP contribution in [-0.4, -0.2) is 33.1 Å². The molecule has 0 aliphatic carbocycles. The van der Waals surface area contributed by atoms with E-state index in [1.165, 1.54) is 0 Å². The maximum Gasteiger partial charge on any atom is 0.378 e. The molecule has 4 rings (SSSR count). The maximum atomic E-state index is 12.6. The summed E-state index contributed by atoms with van der Waals surface area (Å²) in [5, 5.41) is 4.35. The lowest BCUT2D eigenvalue weighted by Gasteiger charge is -2.05. The number of hydrogen-bond donors (Lipinski definition) is 0. The van der Waals surface area contributed by atoms with E-state index in [9.17, 15) is 9.59 Å². The highest BCUT2D eigenvalue weighted by Crippen LogP contribution is 2.22. The molecule has 0 N–H and O–H groups in total. The Bertz CT molecular complexity index is 1220. The molecule has 8 heteroatoms. The normalized spacial score (nSPS) is 10.6. The summed E-state index contributed by atoms with van der Waals surface area (Å²) in [6.45, 7) is -0.395. The first-order chi connectivity index (χ1) is 15.0. The minimum absolute atomic E-state index is 0.120. The standard InChI is InChI=1S/C23H15Br2N3O3/c24-17-8-6-15(7-9-17)20(29)14-31-23(30)21-26-22(16-4-2-1-3-5-16)28(27-21)19-12-10-18(25)11-13-19/h1-13H,14H2. The van der Waals surface area contributed by atoms with E-state index in [0.717, 1.165) is 20.2 Å². The summed E-state index contributed by atoms with van der Waals surface area (Å²) in [7, 11) is 0. The first-order valence-electron chi connectivity index (χ1n) is 9.25. The van der Waals surface area contributed by atoms with Crippen molar-refractivity contribution in [3.63, 3.8) is 0 Å². The molecular formula is C23H15Br2N3O3. The van der Waals surface area contributed by atoms with Crippen LogP contribution in [0, 0.1) is 0 Å². The molecule has 4 aromatic rings. The smallest absolute Gasteiger partial charge is 0.378 e. The van der Waals surface area contributed by atoms with Gasteiger partial charge in [0.2, 0.25) is 0 Å². The third kappa shape index (κ3) is 4.98. The Morgan fingerprint density at radius 1 is 0.839 bits per heavy atom. The highest BCUT2D eigenvalue weighted by atomic mass is 79.9. The fourth-order valence-corrected chi connectivity index (χ4v) is 3.38. The minimum Gasteiger partial charge on any atom is -0.451 e. The second-order valence-electron chi connectivity index (χ2n) is 6.52. The molecule has 0 unspecified atom stereocenters. The van der Waals surface area contributed by atoms with E-state index >= 15 is 0 Å². The van der Waals surface area contributed by atoms with Crippen LogP contribution in [0.25, 0.3) is 17.1 Å². The molecule has 0 saturated heterocycles. The molecule has 154 valence electrons. The quantitative estimate of drug-likeness (QED) is 0.238. The van der Waals surface area contributed by atoms with Crippen LogP contribution in [0.1, 0.15) is 21.0 Å². The van der Waals surface area contributed by atoms with E-state index in [1.807, 2.05) is 54.6 Å². The summed E-state index contributed by atoms with van der Waals surface area (Å²) < 4.78 is 8.54. The Morgan fingerprint density at radius 2 is 1.45 bits per heavy atom. The number of esters is 1. The SMILES string of the molecule is O=C(COC(=O)c1nc(-c2ccccc2)n(-c2ccc(Br)cc2)n1)c1ccc(Br)cc1. The zero-order valence-electron chi connectivity index (χ0n) is 16.0. The van der Waals surface area contributed by atoms with Crippen molar-refractivity contribution in [2.24, 2.45) is 0 Å². The van der Waals surface area contributed by atoms with Crippen LogP contribution in [-0.2, 0) is 4.74 Å². The second-order valence-corrected chi connectivity index (χ2v) is 8.35. The van der Waals surface area contributed by atoms with E-state index in [0.29, 0.717) is 11.4 Å². The number of hydrogen-bond acceptors (Lipinski definition) is 5. The molecular weight excluding hydrogens is 526 g/mol. The van der Waals surface area contributed by atoms with Crippen molar-refractivity contribution in [2.45, 2.75) is 0 Å². The molecule has 0 radical (unpaired) electrons. The van der Waals surface area contributed by atoms with Crippen LogP contribution < -0.4 is 0 Å². The van der Waals surface area contributed by atoms with Crippen LogP contribution in [0.15, 0.2) is 87.8 Å². The van der Waals surface area contributed by atoms with E-state index in [-0.39, 0.29) is 11.6 Å². The van der Waals surface area contributed by atoms with Gasteiger partial charge in [0, 0.05) is 20.1 Å². The van der Waals surface area contributed by atoms with Gasteiger partial charge in [-0.05, 0) is 36.4 Å². The Balaban J connectivity index is 1.59. The number of aromatic nitrogens is 3. The lowest BCUT2D eigenvalue weighted by molar-refractivity contribution is 0.0462. The highest BCUT2D eigenvalue weighted by molar-refractivity contribution is 9.10. The average molecular weight is 541 g/mol. The van der Waals surface area contributed by atoms with Gasteiger partial charge in [-0.25, -0.2) is 14.5 Å². The number of Topliss-reactive ketones (excluding diaryl/α,β-unsaturated/α-hetero) is 1. The molecule has 0 aliphatic rings. The van der Waals surface area contributed by atoms with Crippen molar-refractivity contribution in [1.29, 1.82) is 0 Å². The summed E-state index contributed by atoms with van der Waals surface area (Å²) in [4.78, 5) is 29.3. The third-order valence-corrected chi connectivity index (χ3v) is 5.45. The molecule has 0 saturated carbocycles. The van der Waals surface area contributed by atoms with Gasteiger partial charge < -0.3 is 4.74 Å². The predicted octanol–water partition coefficient (Wildman–Crippen LogP) is 5.50. The van der Waals surface area contributed by atoms with E-state index in [1.54, 1.807) is 28.9 Å². The molecule has 0 spiro atoms. The lowest BCUT2D eigenvalue weighted by Crippen LogP contribution is -2.15. The summed E-state index contributed by atoms with van der Waals surface area (Å²) in [6.07, 6.45) is 0. The molecule has 0 fully saturated rings. The van der Waals surface area contributed by atoms with Gasteiger partial charge >= 0.3 is 5.97 Å². The molecule has 6 nitrogen and oxygen atoms in total. The summed E-state index contributed by atoms with van der Waals surface area (Å²) in [5.41, 5.74) is 1.98. The molecule has 0 bridgehead atoms. The first kappa shape index (κ1) is 21.1.